The van der Waals surface area contributed by atoms with Crippen LogP contribution >= 0.6 is 0 Å². The number of nitrogens with zero attached hydrogens (tertiary/aromatic N) is 2. The molecule has 0 heterocycles. The fourth-order valence-electron chi connectivity index (χ4n) is 6.98. The average molecular weight is 876 g/mol. The first kappa shape index (κ1) is 52.4. The third-order valence-corrected chi connectivity index (χ3v) is 10.9. The molecule has 0 aliphatic heterocycles. The van der Waals surface area contributed by atoms with E-state index in [0.717, 1.165) is 94.0 Å². The van der Waals surface area contributed by atoms with Gasteiger partial charge in [-0.3, -0.25) is 4.79 Å². The summed E-state index contributed by atoms with van der Waals surface area (Å²) in [5.74, 6) is 1.79. The van der Waals surface area contributed by atoms with Crippen molar-refractivity contribution in [3.8, 4) is 11.5 Å². The molecule has 8 nitrogen and oxygen atoms in total. The summed E-state index contributed by atoms with van der Waals surface area (Å²) in [4.78, 5) is 16.1. The summed E-state index contributed by atoms with van der Waals surface area (Å²) < 4.78 is 28.2. The molecule has 0 saturated heterocycles. The van der Waals surface area contributed by atoms with Crippen molar-refractivity contribution in [2.45, 2.75) is 113 Å². The first-order valence-corrected chi connectivity index (χ1v) is 22.8. The van der Waals surface area contributed by atoms with Gasteiger partial charge in [-0.05, 0) is 123 Å². The van der Waals surface area contributed by atoms with Crippen LogP contribution in [-0.2, 0) is 29.1 Å². The number of hydrogen-bond donors (Lipinski definition) is 1. The van der Waals surface area contributed by atoms with Crippen LogP contribution in [-0.4, -0.2) is 51.8 Å². The van der Waals surface area contributed by atoms with E-state index >= 15 is 0 Å². The number of aryl methyl sites for hydroxylation is 4. The number of rotatable bonds is 22. The molecule has 0 aliphatic rings. The molecular formula is C52H72MnN2O6. The van der Waals surface area contributed by atoms with Gasteiger partial charge in [0.2, 0.25) is 0 Å². The van der Waals surface area contributed by atoms with Crippen LogP contribution in [0.3, 0.4) is 0 Å². The Morgan fingerprint density at radius 3 is 1.23 bits per heavy atom. The molecule has 1 N–H and O–H groups in total. The number of benzene rings is 4. The van der Waals surface area contributed by atoms with Gasteiger partial charge in [0, 0.05) is 66.4 Å². The number of hydrogen-bond acceptors (Lipinski definition) is 8. The number of carbonyl (C=O) groups is 1. The Morgan fingerprint density at radius 2 is 0.869 bits per heavy atom. The zero-order valence-electron chi connectivity index (χ0n) is 38.6. The van der Waals surface area contributed by atoms with Crippen LogP contribution in [0.4, 0.5) is 11.4 Å². The van der Waals surface area contributed by atoms with Crippen LogP contribution < -0.4 is 19.3 Å². The van der Waals surface area contributed by atoms with Crippen molar-refractivity contribution < 1.29 is 41.9 Å². The molecule has 0 atom stereocenters. The molecule has 0 unspecified atom stereocenters. The molecule has 4 aromatic rings. The number of aliphatic hydroxyl groups excluding tert-OH is 1. The number of ether oxygens (including phenoxy) is 2. The van der Waals surface area contributed by atoms with Crippen molar-refractivity contribution in [2.24, 2.45) is 0 Å². The molecule has 0 aromatic heterocycles. The molecule has 4 rings (SSSR count). The standard InChI is InChI=1S/C26H37NO2.C26H35NO2.Mn.2O/c2*1-6-8-14-27(15-9-7-2)25-13-12-22(26(18-25)29-5)10-11-23-16-21(4)24(19-28)17-20(23)3;;;/h10-13,16-18,28H,6-9,14-15,19H2,1-5H3;10-13,16-19H,6-9,14-15H2,1-5H3;;;/b;11-10+;;;. The Kier molecular flexibility index (Phi) is 25.4. The molecule has 9 heteroatoms. The fraction of sp³-hybridized carbons (Fsp3) is 0.442. The van der Waals surface area contributed by atoms with E-state index < -0.39 is 14.8 Å². The molecule has 333 valence electrons. The van der Waals surface area contributed by atoms with E-state index in [0.29, 0.717) is 0 Å². The first-order valence-electron chi connectivity index (χ1n) is 21.9. The van der Waals surface area contributed by atoms with Gasteiger partial charge in [-0.15, -0.1) is 0 Å². The Balaban J connectivity index is 0.000000395. The van der Waals surface area contributed by atoms with E-state index in [1.807, 2.05) is 26.8 Å². The molecule has 4 aromatic carbocycles. The van der Waals surface area contributed by atoms with Crippen molar-refractivity contribution in [1.29, 1.82) is 0 Å². The molecule has 0 saturated carbocycles. The van der Waals surface area contributed by atoms with Crippen LogP contribution in [0.15, 0.2) is 60.7 Å². The second kappa shape index (κ2) is 29.5. The quantitative estimate of drug-likeness (QED) is 0.0474. The van der Waals surface area contributed by atoms with Gasteiger partial charge >= 0.3 is 22.5 Å². The van der Waals surface area contributed by atoms with Crippen LogP contribution in [0.2, 0.25) is 0 Å². The molecule has 0 amide bonds. The van der Waals surface area contributed by atoms with Crippen molar-refractivity contribution in [3.63, 3.8) is 0 Å². The molecular weight excluding hydrogens is 804 g/mol. The van der Waals surface area contributed by atoms with Crippen LogP contribution in [0.5, 0.6) is 11.5 Å². The van der Waals surface area contributed by atoms with Gasteiger partial charge in [-0.2, -0.15) is 0 Å². The summed E-state index contributed by atoms with van der Waals surface area (Å²) in [6, 6.07) is 21.2. The van der Waals surface area contributed by atoms with E-state index in [9.17, 15) is 9.90 Å². The van der Waals surface area contributed by atoms with Crippen molar-refractivity contribution in [1.82, 2.24) is 0 Å². The zero-order valence-corrected chi connectivity index (χ0v) is 39.8. The van der Waals surface area contributed by atoms with E-state index in [1.165, 1.54) is 68.3 Å². The molecule has 61 heavy (non-hydrogen) atoms. The van der Waals surface area contributed by atoms with Gasteiger partial charge < -0.3 is 24.4 Å². The SMILES string of the molecule is CCCCN(CCCC)c1ccc(/C=C/c2cc(C)c(C=O)cc2C)c(OC)c1.CCCCN(CCCC)c1ccc(C=Cc2cc(C)c(CO)cc2C)c(OC)c1.[O]=[Mn]=[O]. The van der Waals surface area contributed by atoms with Crippen molar-refractivity contribution >= 4 is 42.0 Å². The van der Waals surface area contributed by atoms with Crippen LogP contribution in [0.25, 0.3) is 24.3 Å². The summed E-state index contributed by atoms with van der Waals surface area (Å²) in [6.45, 7) is 21.5. The summed E-state index contributed by atoms with van der Waals surface area (Å²) in [7, 11) is 3.47. The van der Waals surface area contributed by atoms with E-state index in [4.69, 9.17) is 17.1 Å². The summed E-state index contributed by atoms with van der Waals surface area (Å²) in [5, 5.41) is 9.45. The molecule has 0 aliphatic carbocycles. The van der Waals surface area contributed by atoms with Crippen LogP contribution in [0.1, 0.15) is 139 Å². The van der Waals surface area contributed by atoms with E-state index in [-0.39, 0.29) is 6.61 Å². The monoisotopic (exact) mass is 875 g/mol. The van der Waals surface area contributed by atoms with Gasteiger partial charge in [0.05, 0.1) is 20.8 Å². The predicted molar refractivity (Wildman–Crippen MR) is 252 cm³/mol. The molecule has 0 bridgehead atoms. The van der Waals surface area contributed by atoms with Crippen molar-refractivity contribution in [2.75, 3.05) is 50.2 Å². The van der Waals surface area contributed by atoms with Gasteiger partial charge in [-0.1, -0.05) is 95.9 Å². The van der Waals surface area contributed by atoms with Gasteiger partial charge in [-0.25, -0.2) is 0 Å². The molecule has 0 fully saturated rings. The number of unbranched alkanes of at least 4 members (excludes halogenated alkanes) is 4. The van der Waals surface area contributed by atoms with Gasteiger partial charge in [0.15, 0.2) is 0 Å². The third kappa shape index (κ3) is 17.3. The van der Waals surface area contributed by atoms with Crippen molar-refractivity contribution in [3.05, 3.63) is 116 Å². The summed E-state index contributed by atoms with van der Waals surface area (Å²) in [5.41, 5.74) is 13.0. The normalized spacial score (nSPS) is 10.8. The minimum absolute atomic E-state index is 0.0819. The second-order valence-electron chi connectivity index (χ2n) is 15.4. The van der Waals surface area contributed by atoms with Gasteiger partial charge in [0.25, 0.3) is 0 Å². The summed E-state index contributed by atoms with van der Waals surface area (Å²) >= 11 is -1.44. The van der Waals surface area contributed by atoms with Gasteiger partial charge in [0.1, 0.15) is 17.8 Å². The number of anilines is 2. The third-order valence-electron chi connectivity index (χ3n) is 10.9. The average Bonchev–Trinajstić information content (AvgIpc) is 3.27. The predicted octanol–water partition coefficient (Wildman–Crippen LogP) is 12.8. The maximum absolute atomic E-state index is 11.1. The van der Waals surface area contributed by atoms with E-state index in [1.54, 1.807) is 14.2 Å². The molecule has 0 spiro atoms. The Bertz CT molecular complexity index is 2020. The Hall–Kier alpha value is -4.69. The maximum atomic E-state index is 11.1. The minimum atomic E-state index is -1.44. The topological polar surface area (TPSA) is 96.4 Å². The number of aliphatic hydroxyl groups is 1. The number of methoxy groups -OCH3 is 2. The summed E-state index contributed by atoms with van der Waals surface area (Å²) in [6.07, 6.45) is 19.0. The Labute approximate surface area is 373 Å². The zero-order chi connectivity index (χ0) is 45.2. The first-order chi connectivity index (χ1) is 29.5. The van der Waals surface area contributed by atoms with Crippen LogP contribution in [0, 0.1) is 27.7 Å². The van der Waals surface area contributed by atoms with E-state index in [2.05, 4.69) is 123 Å². The fourth-order valence-corrected chi connectivity index (χ4v) is 6.98. The Morgan fingerprint density at radius 1 is 0.525 bits per heavy atom. The number of carbonyl (C=O) groups excluding carboxylic acids is 1. The number of aldehydes is 1. The molecule has 0 radical (unpaired) electrons. The second-order valence-corrected chi connectivity index (χ2v) is 15.6.